The van der Waals surface area contributed by atoms with E-state index in [1.165, 1.54) is 4.31 Å². The molecule has 1 unspecified atom stereocenters. The minimum atomic E-state index is -3.51. The fourth-order valence-corrected chi connectivity index (χ4v) is 4.11. The third-order valence-corrected chi connectivity index (χ3v) is 6.38. The summed E-state index contributed by atoms with van der Waals surface area (Å²) < 4.78 is 37.8. The molecule has 0 radical (unpaired) electrons. The van der Waals surface area contributed by atoms with Crippen molar-refractivity contribution in [2.24, 2.45) is 11.1 Å². The van der Waals surface area contributed by atoms with E-state index in [1.807, 2.05) is 27.7 Å². The number of carbonyl (C=O) groups is 1. The van der Waals surface area contributed by atoms with Gasteiger partial charge in [-0.15, -0.1) is 0 Å². The number of hydrogen-bond donors (Lipinski definition) is 2. The highest BCUT2D eigenvalue weighted by Gasteiger charge is 2.62. The molecule has 9 heteroatoms. The molecule has 1 aliphatic rings. The standard InChI is InChI=1S/C18H36N2O6S/c1-12(16(2,3)4)26-18(9-14(18)25-15(22)13(19)10-21)11-20(17(5,6)7)27(8,23)24/h12-14,21H,9-11,19H2,1-8H3/t12-,13-,14+,18?/m0/s1. The Morgan fingerprint density at radius 2 is 1.81 bits per heavy atom. The predicted molar refractivity (Wildman–Crippen MR) is 104 cm³/mol. The van der Waals surface area contributed by atoms with Crippen LogP contribution in [0, 0.1) is 5.41 Å². The van der Waals surface area contributed by atoms with Crippen molar-refractivity contribution in [1.29, 1.82) is 0 Å². The normalized spacial score (nSPS) is 26.0. The van der Waals surface area contributed by atoms with Crippen LogP contribution in [-0.4, -0.2) is 72.6 Å². The predicted octanol–water partition coefficient (Wildman–Crippen LogP) is 0.872. The lowest BCUT2D eigenvalue weighted by Gasteiger charge is -2.38. The molecule has 1 saturated carbocycles. The maximum absolute atomic E-state index is 12.4. The fourth-order valence-electron chi connectivity index (χ4n) is 2.66. The van der Waals surface area contributed by atoms with Gasteiger partial charge in [-0.05, 0) is 33.1 Å². The second-order valence-electron chi connectivity index (χ2n) is 9.55. The smallest absolute Gasteiger partial charge is 0.325 e. The number of hydrogen-bond acceptors (Lipinski definition) is 7. The molecule has 0 aromatic heterocycles. The molecule has 0 aromatic carbocycles. The van der Waals surface area contributed by atoms with Gasteiger partial charge in [0.05, 0.1) is 19.0 Å². The number of ether oxygens (including phenoxy) is 2. The van der Waals surface area contributed by atoms with E-state index in [-0.39, 0.29) is 18.1 Å². The first-order valence-electron chi connectivity index (χ1n) is 9.16. The molecule has 1 aliphatic carbocycles. The van der Waals surface area contributed by atoms with E-state index in [2.05, 4.69) is 0 Å². The lowest BCUT2D eigenvalue weighted by atomic mass is 9.90. The summed E-state index contributed by atoms with van der Waals surface area (Å²) in [5, 5.41) is 9.03. The summed E-state index contributed by atoms with van der Waals surface area (Å²) >= 11 is 0. The molecule has 0 amide bonds. The van der Waals surface area contributed by atoms with Crippen molar-refractivity contribution in [3.63, 3.8) is 0 Å². The summed E-state index contributed by atoms with van der Waals surface area (Å²) in [6, 6.07) is -1.13. The number of sulfonamides is 1. The summed E-state index contributed by atoms with van der Waals surface area (Å²) in [7, 11) is -3.51. The molecule has 4 atom stereocenters. The number of nitrogens with two attached hydrogens (primary N) is 1. The van der Waals surface area contributed by atoms with E-state index < -0.39 is 45.9 Å². The van der Waals surface area contributed by atoms with Crippen LogP contribution >= 0.6 is 0 Å². The van der Waals surface area contributed by atoms with E-state index in [0.717, 1.165) is 6.26 Å². The van der Waals surface area contributed by atoms with Crippen LogP contribution in [0.15, 0.2) is 0 Å². The zero-order valence-corrected chi connectivity index (χ0v) is 18.6. The zero-order chi connectivity index (χ0) is 21.4. The van der Waals surface area contributed by atoms with Crippen molar-refractivity contribution in [3.05, 3.63) is 0 Å². The van der Waals surface area contributed by atoms with Crippen LogP contribution in [0.3, 0.4) is 0 Å². The maximum Gasteiger partial charge on any atom is 0.325 e. The van der Waals surface area contributed by atoms with Crippen LogP contribution in [0.1, 0.15) is 54.9 Å². The molecule has 0 spiro atoms. The first-order valence-corrected chi connectivity index (χ1v) is 11.0. The molecule has 0 aliphatic heterocycles. The molecule has 0 saturated heterocycles. The molecule has 0 bridgehead atoms. The summed E-state index contributed by atoms with van der Waals surface area (Å²) in [6.45, 7) is 13.0. The van der Waals surface area contributed by atoms with Crippen molar-refractivity contribution in [1.82, 2.24) is 4.31 Å². The zero-order valence-electron chi connectivity index (χ0n) is 17.8. The summed E-state index contributed by atoms with van der Waals surface area (Å²) in [6.07, 6.45) is 0.719. The second kappa shape index (κ2) is 7.94. The van der Waals surface area contributed by atoms with Crippen LogP contribution < -0.4 is 5.73 Å². The Bertz CT molecular complexity index is 637. The van der Waals surface area contributed by atoms with Gasteiger partial charge in [0.15, 0.2) is 0 Å². The molecular formula is C18H36N2O6S. The van der Waals surface area contributed by atoms with Gasteiger partial charge in [0.2, 0.25) is 10.0 Å². The Hall–Kier alpha value is -0.740. The molecule has 8 nitrogen and oxygen atoms in total. The molecule has 0 aromatic rings. The van der Waals surface area contributed by atoms with Gasteiger partial charge in [-0.1, -0.05) is 20.8 Å². The molecule has 3 N–H and O–H groups in total. The lowest BCUT2D eigenvalue weighted by molar-refractivity contribution is -0.155. The van der Waals surface area contributed by atoms with Gasteiger partial charge < -0.3 is 20.3 Å². The lowest BCUT2D eigenvalue weighted by Crippen LogP contribution is -2.52. The van der Waals surface area contributed by atoms with Crippen molar-refractivity contribution < 1.29 is 27.8 Å². The molecule has 1 rings (SSSR count). The first kappa shape index (κ1) is 24.3. The number of aliphatic hydroxyl groups excluding tert-OH is 1. The van der Waals surface area contributed by atoms with Gasteiger partial charge in [0.1, 0.15) is 17.7 Å². The van der Waals surface area contributed by atoms with E-state index in [1.54, 1.807) is 20.8 Å². The summed E-state index contributed by atoms with van der Waals surface area (Å²) in [5.41, 5.74) is 3.75. The topological polar surface area (TPSA) is 119 Å². The molecule has 1 fully saturated rings. The number of carbonyl (C=O) groups excluding carboxylic acids is 1. The Morgan fingerprint density at radius 3 is 2.19 bits per heavy atom. The number of rotatable bonds is 8. The Kier molecular flexibility index (Phi) is 7.15. The highest BCUT2D eigenvalue weighted by molar-refractivity contribution is 7.88. The average molecular weight is 409 g/mol. The van der Waals surface area contributed by atoms with Crippen LogP contribution in [0.2, 0.25) is 0 Å². The van der Waals surface area contributed by atoms with Crippen LogP contribution in [0.4, 0.5) is 0 Å². The van der Waals surface area contributed by atoms with E-state index in [0.29, 0.717) is 6.42 Å². The minimum Gasteiger partial charge on any atom is -0.458 e. The highest BCUT2D eigenvalue weighted by Crippen LogP contribution is 2.47. The third-order valence-electron chi connectivity index (χ3n) is 4.91. The second-order valence-corrected chi connectivity index (χ2v) is 11.5. The van der Waals surface area contributed by atoms with Gasteiger partial charge >= 0.3 is 5.97 Å². The monoisotopic (exact) mass is 408 g/mol. The summed E-state index contributed by atoms with van der Waals surface area (Å²) in [5.74, 6) is -0.724. The Morgan fingerprint density at radius 1 is 1.30 bits per heavy atom. The van der Waals surface area contributed by atoms with Gasteiger partial charge in [0.25, 0.3) is 0 Å². The average Bonchev–Trinajstić information content (AvgIpc) is 3.12. The number of esters is 1. The fraction of sp³-hybridized carbons (Fsp3) is 0.944. The molecular weight excluding hydrogens is 372 g/mol. The summed E-state index contributed by atoms with van der Waals surface area (Å²) in [4.78, 5) is 12.0. The van der Waals surface area contributed by atoms with E-state index >= 15 is 0 Å². The van der Waals surface area contributed by atoms with Crippen molar-refractivity contribution >= 4 is 16.0 Å². The molecule has 160 valence electrons. The maximum atomic E-state index is 12.4. The van der Waals surface area contributed by atoms with Gasteiger partial charge in [-0.25, -0.2) is 8.42 Å². The SMILES string of the molecule is C[C@H](OC1(CN(C(C)(C)C)S(C)(=O)=O)C[C@H]1OC(=O)[C@@H](N)CO)C(C)(C)C. The quantitative estimate of drug-likeness (QED) is 0.572. The van der Waals surface area contributed by atoms with Crippen LogP contribution in [0.25, 0.3) is 0 Å². The Labute approximate surface area is 163 Å². The molecule has 27 heavy (non-hydrogen) atoms. The van der Waals surface area contributed by atoms with Crippen LogP contribution in [-0.2, 0) is 24.3 Å². The minimum absolute atomic E-state index is 0.0715. The van der Waals surface area contributed by atoms with Crippen molar-refractivity contribution in [3.8, 4) is 0 Å². The van der Waals surface area contributed by atoms with Gasteiger partial charge in [-0.2, -0.15) is 4.31 Å². The van der Waals surface area contributed by atoms with Gasteiger partial charge in [0, 0.05) is 18.5 Å². The van der Waals surface area contributed by atoms with E-state index in [9.17, 15) is 13.2 Å². The van der Waals surface area contributed by atoms with Gasteiger partial charge in [-0.3, -0.25) is 4.79 Å². The third kappa shape index (κ3) is 6.39. The van der Waals surface area contributed by atoms with Crippen molar-refractivity contribution in [2.45, 2.75) is 84.3 Å². The molecule has 0 heterocycles. The van der Waals surface area contributed by atoms with Crippen LogP contribution in [0.5, 0.6) is 0 Å². The Balaban J connectivity index is 3.12. The largest absolute Gasteiger partial charge is 0.458 e. The van der Waals surface area contributed by atoms with E-state index in [4.69, 9.17) is 20.3 Å². The number of aliphatic hydroxyl groups is 1. The highest BCUT2D eigenvalue weighted by atomic mass is 32.2. The van der Waals surface area contributed by atoms with Crippen molar-refractivity contribution in [2.75, 3.05) is 19.4 Å². The number of nitrogens with zero attached hydrogens (tertiary/aromatic N) is 1. The first-order chi connectivity index (χ1) is 11.9.